The minimum atomic E-state index is 0.281. The first-order chi connectivity index (χ1) is 3.80. The fraction of sp³-hybridized carbons (Fsp3) is 0.750. The van der Waals surface area contributed by atoms with E-state index in [0.717, 1.165) is 12.8 Å². The number of rotatable bonds is 0. The average Bonchev–Trinajstić information content (AvgIpc) is 1.77. The molecule has 1 saturated carbocycles. The lowest BCUT2D eigenvalue weighted by atomic mass is 9.82. The molecule has 0 heteroatoms. The van der Waals surface area contributed by atoms with Gasteiger partial charge in [0, 0.05) is 0 Å². The standard InChI is InChI=1S/C8H12/c1-7-5-3-4-6-8(7)2/h1-2,7-8H,3-6H2. The van der Waals surface area contributed by atoms with E-state index in [1.807, 2.05) is 0 Å². The fourth-order valence-electron chi connectivity index (χ4n) is 1.19. The molecule has 0 aromatic carbocycles. The lowest BCUT2D eigenvalue weighted by molar-refractivity contribution is 0.332. The van der Waals surface area contributed by atoms with Gasteiger partial charge in [0.15, 0.2) is 0 Å². The van der Waals surface area contributed by atoms with Crippen LogP contribution in [0.15, 0.2) is 0 Å². The van der Waals surface area contributed by atoms with Crippen molar-refractivity contribution in [3.63, 3.8) is 0 Å². The highest BCUT2D eigenvalue weighted by molar-refractivity contribution is 4.77. The highest BCUT2D eigenvalue weighted by Crippen LogP contribution is 2.27. The van der Waals surface area contributed by atoms with Crippen molar-refractivity contribution in [3.8, 4) is 0 Å². The highest BCUT2D eigenvalue weighted by atomic mass is 14.2. The molecule has 8 heavy (non-hydrogen) atoms. The van der Waals surface area contributed by atoms with Gasteiger partial charge in [0.05, 0.1) is 0 Å². The Balaban J connectivity index is 2.28. The van der Waals surface area contributed by atoms with Crippen molar-refractivity contribution in [1.29, 1.82) is 0 Å². The molecular weight excluding hydrogens is 96.1 g/mol. The third-order valence-corrected chi connectivity index (χ3v) is 1.87. The summed E-state index contributed by atoms with van der Waals surface area (Å²) < 4.78 is 0. The summed E-state index contributed by atoms with van der Waals surface area (Å²) >= 11 is 0. The third-order valence-electron chi connectivity index (χ3n) is 1.87. The zero-order valence-corrected chi connectivity index (χ0v) is 5.14. The van der Waals surface area contributed by atoms with Gasteiger partial charge in [-0.3, -0.25) is 0 Å². The first-order valence-electron chi connectivity index (χ1n) is 3.32. The molecule has 0 heterocycles. The van der Waals surface area contributed by atoms with Crippen LogP contribution in [0.1, 0.15) is 25.7 Å². The predicted octanol–water partition coefficient (Wildman–Crippen LogP) is 2.21. The molecular formula is C8H12. The second-order valence-corrected chi connectivity index (χ2v) is 2.61. The van der Waals surface area contributed by atoms with Gasteiger partial charge in [0.2, 0.25) is 0 Å². The summed E-state index contributed by atoms with van der Waals surface area (Å²) in [6.45, 7) is 11.3. The maximum atomic E-state index is 5.65. The van der Waals surface area contributed by atoms with Crippen LogP contribution in [0.5, 0.6) is 0 Å². The molecule has 4 radical (unpaired) electrons. The summed E-state index contributed by atoms with van der Waals surface area (Å²) in [6.07, 6.45) is 4.80. The van der Waals surface area contributed by atoms with Crippen LogP contribution in [0.2, 0.25) is 0 Å². The molecule has 1 rings (SSSR count). The van der Waals surface area contributed by atoms with E-state index < -0.39 is 0 Å². The van der Waals surface area contributed by atoms with Crippen molar-refractivity contribution in [1.82, 2.24) is 0 Å². The molecule has 0 N–H and O–H groups in total. The summed E-state index contributed by atoms with van der Waals surface area (Å²) in [4.78, 5) is 0. The quantitative estimate of drug-likeness (QED) is 0.446. The predicted molar refractivity (Wildman–Crippen MR) is 34.0 cm³/mol. The Hall–Kier alpha value is 0. The largest absolute Gasteiger partial charge is 0.0530 e. The van der Waals surface area contributed by atoms with Crippen molar-refractivity contribution in [3.05, 3.63) is 13.8 Å². The summed E-state index contributed by atoms with van der Waals surface area (Å²) in [7, 11) is 0. The van der Waals surface area contributed by atoms with Crippen LogP contribution in [0.3, 0.4) is 0 Å². The minimum absolute atomic E-state index is 0.281. The Morgan fingerprint density at radius 2 is 1.25 bits per heavy atom. The molecule has 0 nitrogen and oxygen atoms in total. The molecule has 0 aromatic rings. The van der Waals surface area contributed by atoms with Crippen LogP contribution in [0, 0.1) is 25.7 Å². The van der Waals surface area contributed by atoms with Gasteiger partial charge in [0.25, 0.3) is 0 Å². The van der Waals surface area contributed by atoms with Gasteiger partial charge in [0.1, 0.15) is 0 Å². The smallest absolute Gasteiger partial charge is 0.0315 e. The molecule has 1 fully saturated rings. The molecule has 0 saturated heterocycles. The lowest BCUT2D eigenvalue weighted by Gasteiger charge is -2.23. The van der Waals surface area contributed by atoms with E-state index in [1.54, 1.807) is 0 Å². The molecule has 1 aliphatic carbocycles. The third kappa shape index (κ3) is 1.24. The zero-order chi connectivity index (χ0) is 5.98. The van der Waals surface area contributed by atoms with Crippen LogP contribution >= 0.6 is 0 Å². The summed E-state index contributed by atoms with van der Waals surface area (Å²) in [5.41, 5.74) is 0. The first kappa shape index (κ1) is 6.12. The van der Waals surface area contributed by atoms with Crippen LogP contribution in [0.4, 0.5) is 0 Å². The Labute approximate surface area is 52.3 Å². The van der Waals surface area contributed by atoms with E-state index in [1.165, 1.54) is 12.8 Å². The molecule has 1 aliphatic rings. The molecule has 0 bridgehead atoms. The topological polar surface area (TPSA) is 0 Å². The molecule has 44 valence electrons. The van der Waals surface area contributed by atoms with Crippen LogP contribution in [0.25, 0.3) is 0 Å². The van der Waals surface area contributed by atoms with Crippen LogP contribution in [-0.2, 0) is 0 Å². The number of hydrogen-bond acceptors (Lipinski definition) is 0. The Morgan fingerprint density at radius 3 is 1.50 bits per heavy atom. The second-order valence-electron chi connectivity index (χ2n) is 2.61. The van der Waals surface area contributed by atoms with E-state index in [9.17, 15) is 0 Å². The average molecular weight is 108 g/mol. The van der Waals surface area contributed by atoms with Crippen LogP contribution < -0.4 is 0 Å². The summed E-state index contributed by atoms with van der Waals surface area (Å²) in [6, 6.07) is 0. The summed E-state index contributed by atoms with van der Waals surface area (Å²) in [5.74, 6) is 0.562. The maximum absolute atomic E-state index is 5.65. The number of hydrogen-bond donors (Lipinski definition) is 0. The Bertz CT molecular complexity index is 56.4. The van der Waals surface area contributed by atoms with Crippen molar-refractivity contribution < 1.29 is 0 Å². The second kappa shape index (κ2) is 2.52. The van der Waals surface area contributed by atoms with Crippen molar-refractivity contribution in [2.45, 2.75) is 25.7 Å². The van der Waals surface area contributed by atoms with E-state index in [2.05, 4.69) is 0 Å². The molecule has 0 aromatic heterocycles. The summed E-state index contributed by atoms with van der Waals surface area (Å²) in [5, 5.41) is 0. The van der Waals surface area contributed by atoms with E-state index >= 15 is 0 Å². The first-order valence-corrected chi connectivity index (χ1v) is 3.32. The normalized spacial score (nSPS) is 39.8. The Morgan fingerprint density at radius 1 is 0.875 bits per heavy atom. The molecule has 0 amide bonds. The molecule has 2 atom stereocenters. The van der Waals surface area contributed by atoms with Gasteiger partial charge in [-0.15, -0.1) is 0 Å². The minimum Gasteiger partial charge on any atom is -0.0530 e. The molecule has 2 unspecified atom stereocenters. The van der Waals surface area contributed by atoms with Gasteiger partial charge in [-0.2, -0.15) is 0 Å². The van der Waals surface area contributed by atoms with Crippen molar-refractivity contribution >= 4 is 0 Å². The van der Waals surface area contributed by atoms with Gasteiger partial charge in [-0.25, -0.2) is 0 Å². The van der Waals surface area contributed by atoms with E-state index in [4.69, 9.17) is 13.8 Å². The van der Waals surface area contributed by atoms with E-state index in [0.29, 0.717) is 0 Å². The van der Waals surface area contributed by atoms with Crippen molar-refractivity contribution in [2.75, 3.05) is 0 Å². The molecule has 0 aliphatic heterocycles. The van der Waals surface area contributed by atoms with Gasteiger partial charge in [-0.05, 0) is 38.5 Å². The van der Waals surface area contributed by atoms with Crippen LogP contribution in [-0.4, -0.2) is 0 Å². The van der Waals surface area contributed by atoms with Gasteiger partial charge < -0.3 is 0 Å². The monoisotopic (exact) mass is 108 g/mol. The fourth-order valence-corrected chi connectivity index (χ4v) is 1.19. The zero-order valence-electron chi connectivity index (χ0n) is 5.14. The van der Waals surface area contributed by atoms with Gasteiger partial charge >= 0.3 is 0 Å². The van der Waals surface area contributed by atoms with Gasteiger partial charge in [-0.1, -0.05) is 12.8 Å². The van der Waals surface area contributed by atoms with Crippen molar-refractivity contribution in [2.24, 2.45) is 11.8 Å². The molecule has 0 spiro atoms. The SMILES string of the molecule is [CH]C1CCCCC1[CH]. The lowest BCUT2D eigenvalue weighted by Crippen LogP contribution is -2.13. The van der Waals surface area contributed by atoms with E-state index in [-0.39, 0.29) is 11.8 Å². The Kier molecular flexibility index (Phi) is 1.93. The maximum Gasteiger partial charge on any atom is -0.0315 e. The highest BCUT2D eigenvalue weighted by Gasteiger charge is 2.16.